The van der Waals surface area contributed by atoms with Gasteiger partial charge in [-0.3, -0.25) is 0 Å². The fraction of sp³-hybridized carbons (Fsp3) is 0.600. The van der Waals surface area contributed by atoms with E-state index in [0.717, 1.165) is 6.07 Å². The van der Waals surface area contributed by atoms with Gasteiger partial charge in [0, 0.05) is 19.0 Å². The van der Waals surface area contributed by atoms with Crippen molar-refractivity contribution in [2.45, 2.75) is 19.5 Å². The summed E-state index contributed by atoms with van der Waals surface area (Å²) in [5.74, 6) is 0.0820. The predicted octanol–water partition coefficient (Wildman–Crippen LogP) is 1.66. The largest absolute Gasteiger partial charge is 0.478 e. The molecular weight excluding hydrogens is 235 g/mol. The lowest BCUT2D eigenvalue weighted by atomic mass is 10.3. The fourth-order valence-electron chi connectivity index (χ4n) is 1.19. The van der Waals surface area contributed by atoms with Crippen LogP contribution < -0.4 is 10.1 Å². The van der Waals surface area contributed by atoms with Gasteiger partial charge in [0.15, 0.2) is 5.69 Å². The molecule has 17 heavy (non-hydrogen) atoms. The Morgan fingerprint density at radius 1 is 1.35 bits per heavy atom. The third kappa shape index (κ3) is 4.18. The van der Waals surface area contributed by atoms with E-state index in [1.807, 2.05) is 0 Å². The van der Waals surface area contributed by atoms with Gasteiger partial charge in [-0.2, -0.15) is 18.2 Å². The number of halogens is 3. The molecule has 4 nitrogen and oxygen atoms in total. The van der Waals surface area contributed by atoms with Crippen molar-refractivity contribution in [1.82, 2.24) is 15.3 Å². The highest BCUT2D eigenvalue weighted by molar-refractivity contribution is 5.18. The van der Waals surface area contributed by atoms with Gasteiger partial charge in [-0.25, -0.2) is 4.98 Å². The summed E-state index contributed by atoms with van der Waals surface area (Å²) in [4.78, 5) is 7.37. The molecule has 1 heterocycles. The van der Waals surface area contributed by atoms with Crippen molar-refractivity contribution in [3.63, 3.8) is 0 Å². The molecule has 1 aromatic heterocycles. The van der Waals surface area contributed by atoms with Crippen LogP contribution in [0.15, 0.2) is 6.07 Å². The molecule has 0 spiro atoms. The first-order chi connectivity index (χ1) is 7.97. The quantitative estimate of drug-likeness (QED) is 0.862. The minimum atomic E-state index is -4.48. The second-order valence-corrected chi connectivity index (χ2v) is 3.29. The van der Waals surface area contributed by atoms with Gasteiger partial charge in [0.25, 0.3) is 0 Å². The molecule has 0 radical (unpaired) electrons. The summed E-state index contributed by atoms with van der Waals surface area (Å²) in [6.07, 6.45) is -4.16. The second kappa shape index (κ2) is 5.81. The van der Waals surface area contributed by atoms with E-state index in [-0.39, 0.29) is 18.3 Å². The van der Waals surface area contributed by atoms with Gasteiger partial charge in [-0.1, -0.05) is 0 Å². The Hall–Kier alpha value is -1.37. The van der Waals surface area contributed by atoms with Crippen molar-refractivity contribution in [2.75, 3.05) is 20.2 Å². The van der Waals surface area contributed by atoms with E-state index in [0.29, 0.717) is 13.0 Å². The van der Waals surface area contributed by atoms with Crippen LogP contribution in [0.4, 0.5) is 13.2 Å². The molecule has 0 aliphatic carbocycles. The molecule has 0 aromatic carbocycles. The van der Waals surface area contributed by atoms with E-state index in [4.69, 9.17) is 4.74 Å². The van der Waals surface area contributed by atoms with E-state index in [2.05, 4.69) is 15.3 Å². The van der Waals surface area contributed by atoms with Gasteiger partial charge in [0.05, 0.1) is 6.61 Å². The monoisotopic (exact) mass is 249 g/mol. The number of hydrogen-bond donors (Lipinski definition) is 1. The zero-order valence-corrected chi connectivity index (χ0v) is 9.64. The molecule has 0 saturated carbocycles. The molecule has 0 aliphatic heterocycles. The van der Waals surface area contributed by atoms with Crippen molar-refractivity contribution >= 4 is 0 Å². The van der Waals surface area contributed by atoms with Crippen LogP contribution in [0, 0.1) is 0 Å². The lowest BCUT2D eigenvalue weighted by Crippen LogP contribution is -2.16. The van der Waals surface area contributed by atoms with Crippen LogP contribution in [-0.4, -0.2) is 30.2 Å². The average molecular weight is 249 g/mol. The summed E-state index contributed by atoms with van der Waals surface area (Å²) in [6.45, 7) is 2.45. The topological polar surface area (TPSA) is 47.0 Å². The molecule has 0 amide bonds. The maximum Gasteiger partial charge on any atom is 0.433 e. The minimum absolute atomic E-state index is 0.0408. The van der Waals surface area contributed by atoms with E-state index >= 15 is 0 Å². The third-order valence-electron chi connectivity index (χ3n) is 1.93. The SMILES string of the molecule is CCOc1cc(C(F)(F)F)nc(CCNC)n1. The molecule has 1 rings (SSSR count). The predicted molar refractivity (Wildman–Crippen MR) is 55.8 cm³/mol. The van der Waals surface area contributed by atoms with Crippen molar-refractivity contribution in [3.05, 3.63) is 17.6 Å². The van der Waals surface area contributed by atoms with E-state index in [1.54, 1.807) is 14.0 Å². The van der Waals surface area contributed by atoms with Crippen LogP contribution >= 0.6 is 0 Å². The molecule has 0 atom stereocenters. The first-order valence-electron chi connectivity index (χ1n) is 5.20. The maximum atomic E-state index is 12.5. The number of aromatic nitrogens is 2. The molecule has 1 aromatic rings. The van der Waals surface area contributed by atoms with Crippen LogP contribution in [0.1, 0.15) is 18.4 Å². The lowest BCUT2D eigenvalue weighted by Gasteiger charge is -2.10. The number of hydrogen-bond acceptors (Lipinski definition) is 4. The number of nitrogens with one attached hydrogen (secondary N) is 1. The third-order valence-corrected chi connectivity index (χ3v) is 1.93. The summed E-state index contributed by atoms with van der Waals surface area (Å²) in [5, 5.41) is 2.82. The van der Waals surface area contributed by atoms with Crippen LogP contribution in [0.2, 0.25) is 0 Å². The van der Waals surface area contributed by atoms with Gasteiger partial charge in [-0.05, 0) is 14.0 Å². The number of rotatable bonds is 5. The molecule has 0 aliphatic rings. The van der Waals surface area contributed by atoms with Crippen molar-refractivity contribution in [2.24, 2.45) is 0 Å². The standard InChI is InChI=1S/C10H14F3N3O/c1-3-17-9-6-7(10(11,12)13)15-8(16-9)4-5-14-2/h6,14H,3-5H2,1-2H3. The Labute approximate surface area is 97.2 Å². The second-order valence-electron chi connectivity index (χ2n) is 3.29. The van der Waals surface area contributed by atoms with Gasteiger partial charge >= 0.3 is 6.18 Å². The summed E-state index contributed by atoms with van der Waals surface area (Å²) < 4.78 is 42.6. The molecule has 7 heteroatoms. The summed E-state index contributed by atoms with van der Waals surface area (Å²) in [5.41, 5.74) is -0.970. The average Bonchev–Trinajstić information content (AvgIpc) is 2.25. The molecule has 0 saturated heterocycles. The number of nitrogens with zero attached hydrogens (tertiary/aromatic N) is 2. The Morgan fingerprint density at radius 2 is 2.06 bits per heavy atom. The molecule has 1 N–H and O–H groups in total. The molecule has 96 valence electrons. The van der Waals surface area contributed by atoms with Gasteiger partial charge in [0.1, 0.15) is 5.82 Å². The Bertz CT molecular complexity index is 368. The van der Waals surface area contributed by atoms with Crippen LogP contribution in [-0.2, 0) is 12.6 Å². The van der Waals surface area contributed by atoms with E-state index in [9.17, 15) is 13.2 Å². The summed E-state index contributed by atoms with van der Waals surface area (Å²) in [7, 11) is 1.71. The number of likely N-dealkylation sites (N-methyl/N-ethyl adjacent to an activating group) is 1. The highest BCUT2D eigenvalue weighted by Crippen LogP contribution is 2.29. The highest BCUT2D eigenvalue weighted by atomic mass is 19.4. The Kier molecular flexibility index (Phi) is 4.68. The maximum absolute atomic E-state index is 12.5. The fourth-order valence-corrected chi connectivity index (χ4v) is 1.19. The molecular formula is C10H14F3N3O. The van der Waals surface area contributed by atoms with Gasteiger partial charge < -0.3 is 10.1 Å². The Balaban J connectivity index is 3.01. The zero-order chi connectivity index (χ0) is 12.9. The van der Waals surface area contributed by atoms with Gasteiger partial charge in [-0.15, -0.1) is 0 Å². The first kappa shape index (κ1) is 13.7. The van der Waals surface area contributed by atoms with E-state index < -0.39 is 11.9 Å². The van der Waals surface area contributed by atoms with Crippen molar-refractivity contribution < 1.29 is 17.9 Å². The normalized spacial score (nSPS) is 11.6. The smallest absolute Gasteiger partial charge is 0.433 e. The van der Waals surface area contributed by atoms with Crippen LogP contribution in [0.3, 0.4) is 0 Å². The summed E-state index contributed by atoms with van der Waals surface area (Å²) >= 11 is 0. The Morgan fingerprint density at radius 3 is 2.59 bits per heavy atom. The lowest BCUT2D eigenvalue weighted by molar-refractivity contribution is -0.141. The van der Waals surface area contributed by atoms with Crippen molar-refractivity contribution in [1.29, 1.82) is 0 Å². The zero-order valence-electron chi connectivity index (χ0n) is 9.64. The molecule has 0 unspecified atom stereocenters. The highest BCUT2D eigenvalue weighted by Gasteiger charge is 2.33. The number of alkyl halides is 3. The van der Waals surface area contributed by atoms with Crippen LogP contribution in [0.25, 0.3) is 0 Å². The molecule has 0 fully saturated rings. The summed E-state index contributed by atoms with van der Waals surface area (Å²) in [6, 6.07) is 0.812. The first-order valence-corrected chi connectivity index (χ1v) is 5.20. The molecule has 0 bridgehead atoms. The van der Waals surface area contributed by atoms with E-state index in [1.165, 1.54) is 0 Å². The van der Waals surface area contributed by atoms with Crippen LogP contribution in [0.5, 0.6) is 5.88 Å². The minimum Gasteiger partial charge on any atom is -0.478 e. The van der Waals surface area contributed by atoms with Crippen molar-refractivity contribution in [3.8, 4) is 5.88 Å². The number of ether oxygens (including phenoxy) is 1. The van der Waals surface area contributed by atoms with Gasteiger partial charge in [0.2, 0.25) is 5.88 Å².